The summed E-state index contributed by atoms with van der Waals surface area (Å²) >= 11 is 0. The molecule has 0 fully saturated rings. The van der Waals surface area contributed by atoms with Crippen LogP contribution in [0.2, 0.25) is 0 Å². The van der Waals surface area contributed by atoms with Gasteiger partial charge in [0.05, 0.1) is 11.9 Å². The molecule has 0 unspecified atom stereocenters. The molecule has 1 heterocycles. The van der Waals surface area contributed by atoms with Gasteiger partial charge in [-0.25, -0.2) is 4.68 Å². The molecule has 6 heteroatoms. The molecule has 0 aliphatic heterocycles. The van der Waals surface area contributed by atoms with E-state index in [0.29, 0.717) is 19.6 Å². The Hall–Kier alpha value is -2.21. The molecule has 1 aromatic carbocycles. The summed E-state index contributed by atoms with van der Waals surface area (Å²) in [6.45, 7) is 4.14. The molecule has 1 amide bonds. The average Bonchev–Trinajstić information content (AvgIpc) is 2.93. The van der Waals surface area contributed by atoms with E-state index in [0.717, 1.165) is 11.3 Å². The average molecular weight is 287 g/mol. The molecule has 0 bridgehead atoms. The molecule has 2 aromatic rings. The summed E-state index contributed by atoms with van der Waals surface area (Å²) in [5.41, 5.74) is 1.96. The molecular formula is C15H21N5O. The molecule has 112 valence electrons. The van der Waals surface area contributed by atoms with E-state index < -0.39 is 0 Å². The molecule has 0 atom stereocenters. The van der Waals surface area contributed by atoms with Crippen LogP contribution in [0, 0.1) is 0 Å². The fraction of sp³-hybridized carbons (Fsp3) is 0.400. The number of hydrogen-bond acceptors (Lipinski definition) is 4. The second-order valence-corrected chi connectivity index (χ2v) is 4.83. The summed E-state index contributed by atoms with van der Waals surface area (Å²) in [7, 11) is 1.85. The maximum absolute atomic E-state index is 12.3. The van der Waals surface area contributed by atoms with Crippen molar-refractivity contribution in [3.8, 4) is 0 Å². The van der Waals surface area contributed by atoms with Gasteiger partial charge in [0.15, 0.2) is 0 Å². The summed E-state index contributed by atoms with van der Waals surface area (Å²) in [6.07, 6.45) is 1.80. The van der Waals surface area contributed by atoms with Crippen LogP contribution in [-0.4, -0.2) is 39.4 Å². The minimum atomic E-state index is 0.0438. The van der Waals surface area contributed by atoms with Crippen molar-refractivity contribution in [2.45, 2.75) is 26.6 Å². The molecule has 21 heavy (non-hydrogen) atoms. The summed E-state index contributed by atoms with van der Waals surface area (Å²) in [5, 5.41) is 11.0. The molecule has 2 rings (SSSR count). The van der Waals surface area contributed by atoms with E-state index in [9.17, 15) is 4.79 Å². The predicted octanol–water partition coefficient (Wildman–Crippen LogP) is 1.05. The maximum Gasteiger partial charge on any atom is 0.244 e. The second kappa shape index (κ2) is 7.54. The van der Waals surface area contributed by atoms with E-state index in [4.69, 9.17) is 0 Å². The number of hydrogen-bond donors (Lipinski definition) is 1. The second-order valence-electron chi connectivity index (χ2n) is 4.83. The lowest BCUT2D eigenvalue weighted by atomic mass is 10.2. The molecule has 6 nitrogen and oxygen atoms in total. The Kier molecular flexibility index (Phi) is 5.45. The van der Waals surface area contributed by atoms with Gasteiger partial charge in [-0.15, -0.1) is 5.10 Å². The number of likely N-dealkylation sites (N-methyl/N-ethyl adjacent to an activating group) is 1. The Morgan fingerprint density at radius 3 is 2.76 bits per heavy atom. The van der Waals surface area contributed by atoms with Crippen molar-refractivity contribution in [2.75, 3.05) is 13.6 Å². The summed E-state index contributed by atoms with van der Waals surface area (Å²) in [5.74, 6) is 0.0438. The van der Waals surface area contributed by atoms with Gasteiger partial charge in [-0.1, -0.05) is 35.5 Å². The van der Waals surface area contributed by atoms with Crippen LogP contribution >= 0.6 is 0 Å². The zero-order valence-electron chi connectivity index (χ0n) is 12.5. The van der Waals surface area contributed by atoms with Crippen molar-refractivity contribution in [3.63, 3.8) is 0 Å². The van der Waals surface area contributed by atoms with Crippen molar-refractivity contribution < 1.29 is 4.79 Å². The maximum atomic E-state index is 12.3. The highest BCUT2D eigenvalue weighted by Crippen LogP contribution is 2.05. The standard InChI is InChI=1S/C15H21N5O/c1-3-19(10-13-7-5-4-6-8-13)15(21)12-20-11-14(9-16-2)17-18-20/h4-8,11,16H,3,9-10,12H2,1-2H3. The molecule has 1 aromatic heterocycles. The van der Waals surface area contributed by atoms with Gasteiger partial charge >= 0.3 is 0 Å². The first-order valence-corrected chi connectivity index (χ1v) is 7.08. The minimum Gasteiger partial charge on any atom is -0.337 e. The van der Waals surface area contributed by atoms with Gasteiger partial charge in [0.1, 0.15) is 6.54 Å². The topological polar surface area (TPSA) is 63.1 Å². The SMILES string of the molecule is CCN(Cc1ccccc1)C(=O)Cn1cc(CNC)nn1. The molecule has 0 saturated heterocycles. The zero-order chi connectivity index (χ0) is 15.1. The van der Waals surface area contributed by atoms with E-state index in [1.165, 1.54) is 0 Å². The fourth-order valence-corrected chi connectivity index (χ4v) is 2.10. The van der Waals surface area contributed by atoms with E-state index in [2.05, 4.69) is 15.6 Å². The van der Waals surface area contributed by atoms with Crippen molar-refractivity contribution >= 4 is 5.91 Å². The fourth-order valence-electron chi connectivity index (χ4n) is 2.10. The first-order chi connectivity index (χ1) is 10.2. The monoisotopic (exact) mass is 287 g/mol. The van der Waals surface area contributed by atoms with Gasteiger partial charge in [-0.2, -0.15) is 0 Å². The third kappa shape index (κ3) is 4.39. The van der Waals surface area contributed by atoms with E-state index in [1.54, 1.807) is 10.9 Å². The highest BCUT2D eigenvalue weighted by Gasteiger charge is 2.13. The molecule has 0 aliphatic rings. The third-order valence-electron chi connectivity index (χ3n) is 3.19. The molecule has 1 N–H and O–H groups in total. The van der Waals surface area contributed by atoms with Gasteiger partial charge in [0.25, 0.3) is 0 Å². The Morgan fingerprint density at radius 2 is 2.10 bits per heavy atom. The van der Waals surface area contributed by atoms with E-state index in [1.807, 2.05) is 49.2 Å². The Labute approximate surface area is 124 Å². The van der Waals surface area contributed by atoms with Crippen LogP contribution in [0.1, 0.15) is 18.2 Å². The lowest BCUT2D eigenvalue weighted by Crippen LogP contribution is -2.33. The molecule has 0 saturated carbocycles. The smallest absolute Gasteiger partial charge is 0.244 e. The highest BCUT2D eigenvalue weighted by atomic mass is 16.2. The van der Waals surface area contributed by atoms with E-state index in [-0.39, 0.29) is 12.5 Å². The van der Waals surface area contributed by atoms with Crippen molar-refractivity contribution in [1.82, 2.24) is 25.2 Å². The van der Waals surface area contributed by atoms with Crippen LogP contribution in [-0.2, 0) is 24.4 Å². The zero-order valence-corrected chi connectivity index (χ0v) is 12.5. The van der Waals surface area contributed by atoms with Crippen LogP contribution in [0.15, 0.2) is 36.5 Å². The van der Waals surface area contributed by atoms with Crippen LogP contribution in [0.3, 0.4) is 0 Å². The number of rotatable bonds is 7. The Bertz CT molecular complexity index is 566. The number of carbonyl (C=O) groups is 1. The first kappa shape index (κ1) is 15.2. The number of aromatic nitrogens is 3. The quantitative estimate of drug-likeness (QED) is 0.826. The number of benzene rings is 1. The van der Waals surface area contributed by atoms with Crippen LogP contribution in [0.4, 0.5) is 0 Å². The Balaban J connectivity index is 1.96. The third-order valence-corrected chi connectivity index (χ3v) is 3.19. The lowest BCUT2D eigenvalue weighted by molar-refractivity contribution is -0.132. The number of carbonyl (C=O) groups excluding carboxylic acids is 1. The Morgan fingerprint density at radius 1 is 1.33 bits per heavy atom. The van der Waals surface area contributed by atoms with E-state index >= 15 is 0 Å². The van der Waals surface area contributed by atoms with Gasteiger partial charge in [-0.05, 0) is 19.5 Å². The van der Waals surface area contributed by atoms with Crippen molar-refractivity contribution in [3.05, 3.63) is 47.8 Å². The summed E-state index contributed by atoms with van der Waals surface area (Å²) in [4.78, 5) is 14.2. The van der Waals surface area contributed by atoms with Gasteiger partial charge in [0, 0.05) is 19.6 Å². The minimum absolute atomic E-state index is 0.0438. The number of nitrogens with one attached hydrogen (secondary N) is 1. The van der Waals surface area contributed by atoms with Crippen molar-refractivity contribution in [1.29, 1.82) is 0 Å². The van der Waals surface area contributed by atoms with Crippen molar-refractivity contribution in [2.24, 2.45) is 0 Å². The molecular weight excluding hydrogens is 266 g/mol. The van der Waals surface area contributed by atoms with Crippen LogP contribution < -0.4 is 5.32 Å². The lowest BCUT2D eigenvalue weighted by Gasteiger charge is -2.20. The molecule has 0 aliphatic carbocycles. The molecule has 0 radical (unpaired) electrons. The van der Waals surface area contributed by atoms with Gasteiger partial charge < -0.3 is 10.2 Å². The normalized spacial score (nSPS) is 10.6. The number of nitrogens with zero attached hydrogens (tertiary/aromatic N) is 4. The number of amides is 1. The van der Waals surface area contributed by atoms with Gasteiger partial charge in [0.2, 0.25) is 5.91 Å². The summed E-state index contributed by atoms with van der Waals surface area (Å²) in [6, 6.07) is 9.98. The molecule has 0 spiro atoms. The van der Waals surface area contributed by atoms with Crippen LogP contribution in [0.5, 0.6) is 0 Å². The summed E-state index contributed by atoms with van der Waals surface area (Å²) < 4.78 is 1.59. The van der Waals surface area contributed by atoms with Gasteiger partial charge in [-0.3, -0.25) is 4.79 Å². The largest absolute Gasteiger partial charge is 0.337 e. The highest BCUT2D eigenvalue weighted by molar-refractivity contribution is 5.75. The predicted molar refractivity (Wildman–Crippen MR) is 80.3 cm³/mol. The first-order valence-electron chi connectivity index (χ1n) is 7.08. The van der Waals surface area contributed by atoms with Crippen LogP contribution in [0.25, 0.3) is 0 Å².